The Kier molecular flexibility index (Phi) is 7.83. The number of hydrogen-bond donors (Lipinski definition) is 4. The third kappa shape index (κ3) is 5.70. The molecule has 0 saturated heterocycles. The second-order valence-electron chi connectivity index (χ2n) is 7.16. The zero-order valence-corrected chi connectivity index (χ0v) is 18.5. The highest BCUT2D eigenvalue weighted by atomic mass is 19.1. The quantitative estimate of drug-likeness (QED) is 0.175. The van der Waals surface area contributed by atoms with Crippen molar-refractivity contribution < 1.29 is 33.8 Å². The van der Waals surface area contributed by atoms with Crippen molar-refractivity contribution in [2.24, 2.45) is 0 Å². The number of phenolic OH excluding ortho intramolecular Hbond substituents is 1. The number of hydrogen-bond acceptors (Lipinski definition) is 6. The van der Waals surface area contributed by atoms with Gasteiger partial charge in [-0.25, -0.2) is 9.87 Å². The maximum Gasteiger partial charge on any atom is 0.274 e. The number of amides is 2. The summed E-state index contributed by atoms with van der Waals surface area (Å²) in [7, 11) is 2.82. The van der Waals surface area contributed by atoms with Crippen LogP contribution in [-0.2, 0) is 11.3 Å². The number of ether oxygens (including phenoxy) is 2. The van der Waals surface area contributed by atoms with Crippen LogP contribution in [-0.4, -0.2) is 36.3 Å². The summed E-state index contributed by atoms with van der Waals surface area (Å²) in [5, 5.41) is 21.8. The Morgan fingerprint density at radius 1 is 0.971 bits per heavy atom. The number of nitrogens with one attached hydrogen (secondary N) is 2. The molecular formula is C25H23FN2O6. The highest BCUT2D eigenvalue weighted by molar-refractivity contribution is 6.24. The van der Waals surface area contributed by atoms with Crippen LogP contribution < -0.4 is 20.3 Å². The lowest BCUT2D eigenvalue weighted by Crippen LogP contribution is -2.24. The highest BCUT2D eigenvalue weighted by Crippen LogP contribution is 2.38. The van der Waals surface area contributed by atoms with Crippen LogP contribution in [0.4, 0.5) is 4.39 Å². The lowest BCUT2D eigenvalue weighted by molar-refractivity contribution is -0.115. The van der Waals surface area contributed by atoms with Gasteiger partial charge in [-0.3, -0.25) is 14.8 Å². The number of carbonyl (C=O) groups is 2. The predicted octanol–water partition coefficient (Wildman–Crippen LogP) is 3.52. The van der Waals surface area contributed by atoms with Gasteiger partial charge < -0.3 is 19.9 Å². The van der Waals surface area contributed by atoms with Gasteiger partial charge in [-0.15, -0.1) is 0 Å². The van der Waals surface area contributed by atoms with Crippen LogP contribution in [0.2, 0.25) is 0 Å². The SMILES string of the molecule is COc1cc(/C=C(/C(=O)NCc2ccc(C(=O)NO)cc2)c2ccc(F)cc2)cc(O)c1OC. The number of hydroxylamine groups is 1. The third-order valence-corrected chi connectivity index (χ3v) is 4.96. The molecule has 176 valence electrons. The van der Waals surface area contributed by atoms with Crippen LogP contribution in [0.25, 0.3) is 11.6 Å². The molecule has 0 aliphatic rings. The topological polar surface area (TPSA) is 117 Å². The van der Waals surface area contributed by atoms with Crippen molar-refractivity contribution in [2.75, 3.05) is 14.2 Å². The van der Waals surface area contributed by atoms with Crippen molar-refractivity contribution in [1.82, 2.24) is 10.8 Å². The van der Waals surface area contributed by atoms with Crippen LogP contribution in [0.5, 0.6) is 17.2 Å². The first-order chi connectivity index (χ1) is 16.4. The van der Waals surface area contributed by atoms with Gasteiger partial charge in [-0.1, -0.05) is 24.3 Å². The lowest BCUT2D eigenvalue weighted by atomic mass is 10.0. The smallest absolute Gasteiger partial charge is 0.274 e. The van der Waals surface area contributed by atoms with Crippen molar-refractivity contribution in [3.05, 3.63) is 88.7 Å². The summed E-state index contributed by atoms with van der Waals surface area (Å²) < 4.78 is 23.9. The minimum Gasteiger partial charge on any atom is -0.504 e. The standard InChI is InChI=1S/C25H23FN2O6/c1-33-22-13-16(12-21(29)23(22)34-2)11-20(17-7-9-19(26)10-8-17)25(31)27-14-15-3-5-18(6-4-15)24(30)28-32/h3-13,29,32H,14H2,1-2H3,(H,27,31)(H,28,30)/b20-11+. The number of benzene rings is 3. The average Bonchev–Trinajstić information content (AvgIpc) is 2.85. The molecule has 0 aromatic heterocycles. The molecule has 8 nitrogen and oxygen atoms in total. The van der Waals surface area contributed by atoms with E-state index in [1.165, 1.54) is 56.7 Å². The maximum atomic E-state index is 13.5. The van der Waals surface area contributed by atoms with E-state index in [0.29, 0.717) is 16.7 Å². The Hall–Kier alpha value is -4.37. The molecule has 0 atom stereocenters. The Bertz CT molecular complexity index is 1210. The number of phenols is 1. The van der Waals surface area contributed by atoms with Crippen LogP contribution in [0.15, 0.2) is 60.7 Å². The van der Waals surface area contributed by atoms with Gasteiger partial charge in [-0.2, -0.15) is 0 Å². The zero-order chi connectivity index (χ0) is 24.7. The van der Waals surface area contributed by atoms with Crippen LogP contribution in [0.3, 0.4) is 0 Å². The molecule has 0 saturated carbocycles. The lowest BCUT2D eigenvalue weighted by Gasteiger charge is -2.13. The molecule has 0 aliphatic carbocycles. The summed E-state index contributed by atoms with van der Waals surface area (Å²) in [6, 6.07) is 14.8. The summed E-state index contributed by atoms with van der Waals surface area (Å²) in [5.41, 5.74) is 3.68. The van der Waals surface area contributed by atoms with E-state index < -0.39 is 17.6 Å². The fourth-order valence-corrected chi connectivity index (χ4v) is 3.24. The van der Waals surface area contributed by atoms with Gasteiger partial charge in [0.15, 0.2) is 11.5 Å². The first-order valence-corrected chi connectivity index (χ1v) is 10.1. The van der Waals surface area contributed by atoms with Gasteiger partial charge in [-0.05, 0) is 59.2 Å². The predicted molar refractivity (Wildman–Crippen MR) is 123 cm³/mol. The molecule has 9 heteroatoms. The summed E-state index contributed by atoms with van der Waals surface area (Å²) >= 11 is 0. The van der Waals surface area contributed by atoms with Crippen LogP contribution >= 0.6 is 0 Å². The van der Waals surface area contributed by atoms with E-state index in [1.54, 1.807) is 29.8 Å². The Morgan fingerprint density at radius 2 is 1.62 bits per heavy atom. The van der Waals surface area contributed by atoms with E-state index in [2.05, 4.69) is 5.32 Å². The van der Waals surface area contributed by atoms with E-state index in [1.807, 2.05) is 0 Å². The number of aromatic hydroxyl groups is 1. The van der Waals surface area contributed by atoms with Gasteiger partial charge in [0, 0.05) is 17.7 Å². The normalized spacial score (nSPS) is 11.0. The average molecular weight is 466 g/mol. The largest absolute Gasteiger partial charge is 0.504 e. The second kappa shape index (κ2) is 11.0. The summed E-state index contributed by atoms with van der Waals surface area (Å²) in [4.78, 5) is 24.5. The van der Waals surface area contributed by atoms with E-state index in [9.17, 15) is 19.1 Å². The molecule has 0 aliphatic heterocycles. The van der Waals surface area contributed by atoms with Crippen LogP contribution in [0, 0.1) is 5.82 Å². The fraction of sp³-hybridized carbons (Fsp3) is 0.120. The van der Waals surface area contributed by atoms with Gasteiger partial charge in [0.1, 0.15) is 5.82 Å². The third-order valence-electron chi connectivity index (χ3n) is 4.96. The van der Waals surface area contributed by atoms with Crippen molar-refractivity contribution >= 4 is 23.5 Å². The van der Waals surface area contributed by atoms with E-state index in [-0.39, 0.29) is 34.9 Å². The molecule has 34 heavy (non-hydrogen) atoms. The number of methoxy groups -OCH3 is 2. The van der Waals surface area contributed by atoms with Gasteiger partial charge in [0.2, 0.25) is 5.75 Å². The minimum atomic E-state index is -0.643. The molecule has 0 bridgehead atoms. The van der Waals surface area contributed by atoms with Crippen molar-refractivity contribution in [1.29, 1.82) is 0 Å². The summed E-state index contributed by atoms with van der Waals surface area (Å²) in [6.07, 6.45) is 1.54. The van der Waals surface area contributed by atoms with Crippen LogP contribution in [0.1, 0.15) is 27.0 Å². The molecule has 3 rings (SSSR count). The first kappa shape index (κ1) is 24.3. The monoisotopic (exact) mass is 466 g/mol. The molecule has 4 N–H and O–H groups in total. The molecule has 0 fully saturated rings. The van der Waals surface area contributed by atoms with E-state index in [0.717, 1.165) is 0 Å². The van der Waals surface area contributed by atoms with Gasteiger partial charge in [0.05, 0.1) is 14.2 Å². The first-order valence-electron chi connectivity index (χ1n) is 10.1. The summed E-state index contributed by atoms with van der Waals surface area (Å²) in [6.45, 7) is 0.148. The zero-order valence-electron chi connectivity index (χ0n) is 18.5. The maximum absolute atomic E-state index is 13.5. The highest BCUT2D eigenvalue weighted by Gasteiger charge is 2.16. The molecule has 2 amide bonds. The van der Waals surface area contributed by atoms with E-state index in [4.69, 9.17) is 14.7 Å². The number of halogens is 1. The number of rotatable bonds is 8. The van der Waals surface area contributed by atoms with Gasteiger partial charge in [0.25, 0.3) is 11.8 Å². The molecule has 0 radical (unpaired) electrons. The molecular weight excluding hydrogens is 443 g/mol. The summed E-state index contributed by atoms with van der Waals surface area (Å²) in [5.74, 6) is -1.27. The molecule has 0 spiro atoms. The molecule has 3 aromatic carbocycles. The number of carbonyl (C=O) groups excluding carboxylic acids is 2. The Labute approximate surface area is 195 Å². The van der Waals surface area contributed by atoms with Crippen molar-refractivity contribution in [2.45, 2.75) is 6.54 Å². The van der Waals surface area contributed by atoms with Crippen molar-refractivity contribution in [3.8, 4) is 17.2 Å². The van der Waals surface area contributed by atoms with E-state index >= 15 is 0 Å². The fourth-order valence-electron chi connectivity index (χ4n) is 3.24. The molecule has 3 aromatic rings. The van der Waals surface area contributed by atoms with Gasteiger partial charge >= 0.3 is 0 Å². The Morgan fingerprint density at radius 3 is 2.21 bits per heavy atom. The molecule has 0 heterocycles. The second-order valence-corrected chi connectivity index (χ2v) is 7.16. The molecule has 0 unspecified atom stereocenters. The minimum absolute atomic E-state index is 0.148. The van der Waals surface area contributed by atoms with Crippen molar-refractivity contribution in [3.63, 3.8) is 0 Å². The Balaban J connectivity index is 1.90.